The predicted octanol–water partition coefficient (Wildman–Crippen LogP) is 2.67. The van der Waals surface area contributed by atoms with Crippen molar-refractivity contribution in [1.82, 2.24) is 0 Å². The maximum Gasteiger partial charge on any atom is 0.311 e. The lowest BCUT2D eigenvalue weighted by molar-refractivity contribution is -0.386. The third-order valence-corrected chi connectivity index (χ3v) is 3.95. The quantitative estimate of drug-likeness (QED) is 0.449. The Labute approximate surface area is 140 Å². The molecule has 1 aromatic carbocycles. The Balaban J connectivity index is 2.30. The molecule has 0 radical (unpaired) electrons. The Morgan fingerprint density at radius 2 is 1.92 bits per heavy atom. The molecule has 7 heteroatoms. The lowest BCUT2D eigenvalue weighted by atomic mass is 9.95. The number of carbonyl (C=O) groups is 1. The molecule has 1 aliphatic carbocycles. The van der Waals surface area contributed by atoms with Crippen LogP contribution in [-0.2, 0) is 4.74 Å². The SMILES string of the molecule is CC(C)(C)C(Oc1cc(C(=O)[O-])ccc1[N+](=O)[O-])OC1CCCC1. The van der Waals surface area contributed by atoms with Gasteiger partial charge < -0.3 is 19.4 Å². The summed E-state index contributed by atoms with van der Waals surface area (Å²) >= 11 is 0. The van der Waals surface area contributed by atoms with Crippen molar-refractivity contribution in [3.63, 3.8) is 0 Å². The van der Waals surface area contributed by atoms with Crippen LogP contribution in [0.4, 0.5) is 5.69 Å². The van der Waals surface area contributed by atoms with E-state index in [-0.39, 0.29) is 23.1 Å². The maximum absolute atomic E-state index is 11.2. The van der Waals surface area contributed by atoms with Gasteiger partial charge in [-0.1, -0.05) is 33.6 Å². The molecule has 0 aliphatic heterocycles. The van der Waals surface area contributed by atoms with Crippen LogP contribution in [0.3, 0.4) is 0 Å². The second kappa shape index (κ2) is 7.17. The van der Waals surface area contributed by atoms with Gasteiger partial charge in [0.25, 0.3) is 0 Å². The summed E-state index contributed by atoms with van der Waals surface area (Å²) in [6, 6.07) is 3.35. The van der Waals surface area contributed by atoms with E-state index in [0.717, 1.165) is 43.9 Å². The van der Waals surface area contributed by atoms with Crippen molar-refractivity contribution in [2.45, 2.75) is 58.8 Å². The molecule has 0 saturated heterocycles. The first kappa shape index (κ1) is 18.2. The number of nitro benzene ring substituents is 1. The van der Waals surface area contributed by atoms with E-state index in [1.807, 2.05) is 20.8 Å². The topological polar surface area (TPSA) is 102 Å². The maximum atomic E-state index is 11.2. The highest BCUT2D eigenvalue weighted by Crippen LogP contribution is 2.35. The molecule has 132 valence electrons. The van der Waals surface area contributed by atoms with E-state index >= 15 is 0 Å². The van der Waals surface area contributed by atoms with Crippen molar-refractivity contribution in [3.8, 4) is 5.75 Å². The van der Waals surface area contributed by atoms with Crippen molar-refractivity contribution < 1.29 is 24.3 Å². The Hall–Kier alpha value is -2.15. The summed E-state index contributed by atoms with van der Waals surface area (Å²) in [6.45, 7) is 5.71. The van der Waals surface area contributed by atoms with Crippen molar-refractivity contribution in [2.24, 2.45) is 5.41 Å². The van der Waals surface area contributed by atoms with Gasteiger partial charge in [-0.25, -0.2) is 0 Å². The number of carbonyl (C=O) groups excluding carboxylic acids is 1. The Bertz CT molecular complexity index is 616. The zero-order valence-electron chi connectivity index (χ0n) is 14.1. The van der Waals surface area contributed by atoms with E-state index in [9.17, 15) is 20.0 Å². The Morgan fingerprint density at radius 3 is 2.42 bits per heavy atom. The van der Waals surface area contributed by atoms with Gasteiger partial charge in [-0.3, -0.25) is 10.1 Å². The zero-order chi connectivity index (χ0) is 17.9. The van der Waals surface area contributed by atoms with Gasteiger partial charge in [-0.15, -0.1) is 0 Å². The van der Waals surface area contributed by atoms with E-state index in [2.05, 4.69) is 0 Å². The summed E-state index contributed by atoms with van der Waals surface area (Å²) in [4.78, 5) is 21.6. The first-order valence-corrected chi connectivity index (χ1v) is 8.00. The van der Waals surface area contributed by atoms with E-state index in [0.29, 0.717) is 0 Å². The number of carboxylic acid groups (broad SMARTS) is 1. The van der Waals surface area contributed by atoms with Crippen LogP contribution < -0.4 is 9.84 Å². The van der Waals surface area contributed by atoms with Gasteiger partial charge in [0.1, 0.15) is 0 Å². The number of ether oxygens (including phenoxy) is 2. The second-order valence-corrected chi connectivity index (χ2v) is 7.09. The minimum absolute atomic E-state index is 0.0533. The molecular formula is C17H22NO6-. The molecule has 0 spiro atoms. The molecule has 7 nitrogen and oxygen atoms in total. The fraction of sp³-hybridized carbons (Fsp3) is 0.588. The number of nitrogens with zero attached hydrogens (tertiary/aromatic N) is 1. The first-order valence-electron chi connectivity index (χ1n) is 8.00. The van der Waals surface area contributed by atoms with Crippen LogP contribution >= 0.6 is 0 Å². The van der Waals surface area contributed by atoms with Crippen molar-refractivity contribution in [1.29, 1.82) is 0 Å². The molecule has 0 heterocycles. The number of hydrogen-bond acceptors (Lipinski definition) is 6. The summed E-state index contributed by atoms with van der Waals surface area (Å²) in [6.07, 6.45) is 3.35. The standard InChI is InChI=1S/C17H23NO6/c1-17(2,3)16(23-12-6-4-5-7-12)24-14-10-11(15(19)20)8-9-13(14)18(21)22/h8-10,12,16H,4-7H2,1-3H3,(H,19,20)/p-1. The average Bonchev–Trinajstić information content (AvgIpc) is 2.98. The molecule has 1 atom stereocenters. The molecule has 2 rings (SSSR count). The van der Waals surface area contributed by atoms with Gasteiger partial charge >= 0.3 is 5.69 Å². The lowest BCUT2D eigenvalue weighted by Crippen LogP contribution is -2.37. The van der Waals surface area contributed by atoms with Crippen LogP contribution in [0.2, 0.25) is 0 Å². The number of carboxylic acids is 1. The summed E-state index contributed by atoms with van der Waals surface area (Å²) in [5, 5.41) is 22.2. The van der Waals surface area contributed by atoms with Crippen LogP contribution in [0.1, 0.15) is 56.8 Å². The minimum atomic E-state index is -1.42. The third-order valence-electron chi connectivity index (χ3n) is 3.95. The summed E-state index contributed by atoms with van der Waals surface area (Å²) in [7, 11) is 0. The van der Waals surface area contributed by atoms with E-state index < -0.39 is 22.6 Å². The highest BCUT2D eigenvalue weighted by molar-refractivity contribution is 5.87. The fourth-order valence-corrected chi connectivity index (χ4v) is 2.61. The predicted molar refractivity (Wildman–Crippen MR) is 84.6 cm³/mol. The minimum Gasteiger partial charge on any atom is -0.545 e. The van der Waals surface area contributed by atoms with Gasteiger partial charge in [-0.2, -0.15) is 0 Å². The summed E-state index contributed by atoms with van der Waals surface area (Å²) < 4.78 is 11.8. The van der Waals surface area contributed by atoms with Crippen LogP contribution in [-0.4, -0.2) is 23.3 Å². The number of nitro groups is 1. The largest absolute Gasteiger partial charge is 0.545 e. The highest BCUT2D eigenvalue weighted by atomic mass is 16.7. The molecule has 0 bridgehead atoms. The molecule has 0 aromatic heterocycles. The van der Waals surface area contributed by atoms with Crippen LogP contribution in [0, 0.1) is 15.5 Å². The summed E-state index contributed by atoms with van der Waals surface area (Å²) in [5.74, 6) is -1.54. The van der Waals surface area contributed by atoms with Crippen LogP contribution in [0.5, 0.6) is 5.75 Å². The monoisotopic (exact) mass is 336 g/mol. The molecule has 0 N–H and O–H groups in total. The average molecular weight is 336 g/mol. The Morgan fingerprint density at radius 1 is 1.29 bits per heavy atom. The Kier molecular flexibility index (Phi) is 5.43. The van der Waals surface area contributed by atoms with Crippen molar-refractivity contribution >= 4 is 11.7 Å². The second-order valence-electron chi connectivity index (χ2n) is 7.09. The number of benzene rings is 1. The molecular weight excluding hydrogens is 314 g/mol. The molecule has 1 saturated carbocycles. The normalized spacial score (nSPS) is 16.8. The van der Waals surface area contributed by atoms with E-state index in [1.54, 1.807) is 0 Å². The van der Waals surface area contributed by atoms with E-state index in [1.165, 1.54) is 0 Å². The zero-order valence-corrected chi connectivity index (χ0v) is 14.1. The molecule has 1 unspecified atom stereocenters. The smallest absolute Gasteiger partial charge is 0.311 e. The third kappa shape index (κ3) is 4.44. The lowest BCUT2D eigenvalue weighted by Gasteiger charge is -2.33. The van der Waals surface area contributed by atoms with Crippen molar-refractivity contribution in [2.75, 3.05) is 0 Å². The van der Waals surface area contributed by atoms with E-state index in [4.69, 9.17) is 9.47 Å². The number of rotatable bonds is 6. The molecule has 1 aliphatic rings. The van der Waals surface area contributed by atoms with Crippen LogP contribution in [0.15, 0.2) is 18.2 Å². The molecule has 1 aromatic rings. The highest BCUT2D eigenvalue weighted by Gasteiger charge is 2.33. The van der Waals surface area contributed by atoms with Crippen molar-refractivity contribution in [3.05, 3.63) is 33.9 Å². The van der Waals surface area contributed by atoms with Crippen LogP contribution in [0.25, 0.3) is 0 Å². The molecule has 0 amide bonds. The van der Waals surface area contributed by atoms with Gasteiger partial charge in [0, 0.05) is 17.0 Å². The first-order chi connectivity index (χ1) is 11.2. The molecule has 1 fully saturated rings. The summed E-state index contributed by atoms with van der Waals surface area (Å²) in [5.41, 5.74) is -0.915. The molecule has 24 heavy (non-hydrogen) atoms. The number of hydrogen-bond donors (Lipinski definition) is 0. The van der Waals surface area contributed by atoms with Gasteiger partial charge in [0.05, 0.1) is 17.0 Å². The van der Waals surface area contributed by atoms with Gasteiger partial charge in [-0.05, 0) is 25.0 Å². The fourth-order valence-electron chi connectivity index (χ4n) is 2.61. The van der Waals surface area contributed by atoms with Gasteiger partial charge in [0.15, 0.2) is 0 Å². The van der Waals surface area contributed by atoms with Gasteiger partial charge in [0.2, 0.25) is 12.0 Å². The number of aromatic carboxylic acids is 1.